The minimum atomic E-state index is -0.839. The van der Waals surface area contributed by atoms with Crippen molar-refractivity contribution in [3.8, 4) is 0 Å². The van der Waals surface area contributed by atoms with Crippen LogP contribution >= 0.6 is 11.6 Å². The topological polar surface area (TPSA) is 55.1 Å². The first-order chi connectivity index (χ1) is 10.6. The molecule has 1 N–H and O–H groups in total. The molecule has 112 valence electrons. The maximum Gasteiger partial charge on any atom is 0.307 e. The van der Waals surface area contributed by atoms with Gasteiger partial charge in [0.1, 0.15) is 5.65 Å². The molecule has 1 aromatic carbocycles. The van der Waals surface area contributed by atoms with Crippen LogP contribution in [-0.4, -0.2) is 20.6 Å². The number of carbonyl (C=O) groups is 1. The van der Waals surface area contributed by atoms with Gasteiger partial charge in [-0.1, -0.05) is 23.7 Å². The van der Waals surface area contributed by atoms with Crippen molar-refractivity contribution >= 4 is 28.6 Å². The van der Waals surface area contributed by atoms with E-state index in [9.17, 15) is 4.79 Å². The predicted octanol–water partition coefficient (Wildman–Crippen LogP) is 3.67. The highest BCUT2D eigenvalue weighted by Crippen LogP contribution is 2.26. The van der Waals surface area contributed by atoms with E-state index in [1.54, 1.807) is 6.20 Å². The Hall–Kier alpha value is -2.33. The number of aromatic nitrogens is 2. The molecule has 3 rings (SSSR count). The number of benzene rings is 1. The smallest absolute Gasteiger partial charge is 0.307 e. The van der Waals surface area contributed by atoms with E-state index in [0.29, 0.717) is 11.6 Å². The molecule has 2 heterocycles. The Kier molecular flexibility index (Phi) is 3.86. The monoisotopic (exact) mass is 314 g/mol. The Morgan fingerprint density at radius 3 is 2.86 bits per heavy atom. The predicted molar refractivity (Wildman–Crippen MR) is 86.4 cm³/mol. The van der Waals surface area contributed by atoms with Crippen LogP contribution in [-0.2, 0) is 17.8 Å². The molecular weight excluding hydrogens is 300 g/mol. The second-order valence-corrected chi connectivity index (χ2v) is 5.66. The van der Waals surface area contributed by atoms with Crippen LogP contribution in [0.5, 0.6) is 0 Å². The van der Waals surface area contributed by atoms with Gasteiger partial charge in [-0.2, -0.15) is 0 Å². The number of aliphatic carboxylic acids is 1. The van der Waals surface area contributed by atoms with Crippen molar-refractivity contribution in [1.82, 2.24) is 9.55 Å². The van der Waals surface area contributed by atoms with Gasteiger partial charge in [-0.15, -0.1) is 0 Å². The Morgan fingerprint density at radius 1 is 1.32 bits per heavy atom. The Balaban J connectivity index is 2.13. The summed E-state index contributed by atoms with van der Waals surface area (Å²) in [4.78, 5) is 15.6. The van der Waals surface area contributed by atoms with Crippen LogP contribution in [0.15, 0.2) is 42.6 Å². The highest BCUT2D eigenvalue weighted by Gasteiger charge is 2.17. The summed E-state index contributed by atoms with van der Waals surface area (Å²) >= 11 is 6.04. The molecule has 0 fully saturated rings. The van der Waals surface area contributed by atoms with Crippen LogP contribution in [0, 0.1) is 6.92 Å². The highest BCUT2D eigenvalue weighted by atomic mass is 35.5. The summed E-state index contributed by atoms with van der Waals surface area (Å²) in [5.41, 5.74) is 3.60. The minimum Gasteiger partial charge on any atom is -0.481 e. The maximum atomic E-state index is 11.1. The van der Waals surface area contributed by atoms with Crippen LogP contribution in [0.2, 0.25) is 5.02 Å². The lowest BCUT2D eigenvalue weighted by Gasteiger charge is -2.08. The van der Waals surface area contributed by atoms with Crippen molar-refractivity contribution in [2.45, 2.75) is 19.9 Å². The number of carboxylic acid groups (broad SMARTS) is 1. The molecule has 2 aromatic heterocycles. The molecule has 5 heteroatoms. The summed E-state index contributed by atoms with van der Waals surface area (Å²) in [7, 11) is 0. The summed E-state index contributed by atoms with van der Waals surface area (Å²) in [6, 6.07) is 11.4. The van der Waals surface area contributed by atoms with Crippen LogP contribution in [0.4, 0.5) is 0 Å². The fraction of sp³-hybridized carbons (Fsp3) is 0.176. The van der Waals surface area contributed by atoms with Crippen LogP contribution in [0.3, 0.4) is 0 Å². The molecule has 0 atom stereocenters. The third kappa shape index (κ3) is 2.70. The van der Waals surface area contributed by atoms with Crippen molar-refractivity contribution in [3.63, 3.8) is 0 Å². The van der Waals surface area contributed by atoms with Crippen LogP contribution in [0.25, 0.3) is 11.0 Å². The number of carboxylic acids is 1. The average Bonchev–Trinajstić information content (AvgIpc) is 2.73. The molecule has 0 aliphatic rings. The number of fused-ring (bicyclic) bond motifs is 1. The molecule has 0 saturated heterocycles. The molecule has 22 heavy (non-hydrogen) atoms. The van der Waals surface area contributed by atoms with Gasteiger partial charge >= 0.3 is 5.97 Å². The van der Waals surface area contributed by atoms with E-state index in [1.165, 1.54) is 0 Å². The standard InChI is InChI=1S/C17H15ClN2O2/c1-11-15(9-16(21)22)14-6-3-7-19-17(14)20(11)10-12-4-2-5-13(18)8-12/h2-8H,9-10H2,1H3,(H,21,22). The van der Waals surface area contributed by atoms with Crippen molar-refractivity contribution in [1.29, 1.82) is 0 Å². The summed E-state index contributed by atoms with van der Waals surface area (Å²) in [5, 5.41) is 10.7. The number of rotatable bonds is 4. The molecule has 4 nitrogen and oxygen atoms in total. The fourth-order valence-electron chi connectivity index (χ4n) is 2.75. The number of hydrogen-bond donors (Lipinski definition) is 1. The van der Waals surface area contributed by atoms with Gasteiger partial charge in [0.25, 0.3) is 0 Å². The van der Waals surface area contributed by atoms with E-state index in [4.69, 9.17) is 16.7 Å². The lowest BCUT2D eigenvalue weighted by atomic mass is 10.1. The maximum absolute atomic E-state index is 11.1. The summed E-state index contributed by atoms with van der Waals surface area (Å²) in [6.45, 7) is 2.55. The average molecular weight is 315 g/mol. The van der Waals surface area contributed by atoms with Gasteiger partial charge in [0.15, 0.2) is 0 Å². The van der Waals surface area contributed by atoms with Gasteiger partial charge < -0.3 is 9.67 Å². The van der Waals surface area contributed by atoms with Crippen molar-refractivity contribution in [3.05, 3.63) is 64.4 Å². The van der Waals surface area contributed by atoms with E-state index in [2.05, 4.69) is 4.98 Å². The van der Waals surface area contributed by atoms with E-state index in [-0.39, 0.29) is 6.42 Å². The molecule has 0 saturated carbocycles. The van der Waals surface area contributed by atoms with E-state index >= 15 is 0 Å². The molecular formula is C17H15ClN2O2. The van der Waals surface area contributed by atoms with E-state index in [1.807, 2.05) is 47.9 Å². The van der Waals surface area contributed by atoms with E-state index in [0.717, 1.165) is 27.9 Å². The van der Waals surface area contributed by atoms with Crippen molar-refractivity contribution < 1.29 is 9.90 Å². The normalized spacial score (nSPS) is 11.0. The fourth-order valence-corrected chi connectivity index (χ4v) is 2.96. The highest BCUT2D eigenvalue weighted by molar-refractivity contribution is 6.30. The van der Waals surface area contributed by atoms with Gasteiger partial charge in [0.05, 0.1) is 6.42 Å². The van der Waals surface area contributed by atoms with Gasteiger partial charge in [-0.3, -0.25) is 4.79 Å². The van der Waals surface area contributed by atoms with Crippen molar-refractivity contribution in [2.75, 3.05) is 0 Å². The zero-order chi connectivity index (χ0) is 15.7. The summed E-state index contributed by atoms with van der Waals surface area (Å²) in [5.74, 6) is -0.839. The lowest BCUT2D eigenvalue weighted by molar-refractivity contribution is -0.136. The molecule has 0 amide bonds. The first-order valence-corrected chi connectivity index (χ1v) is 7.33. The Labute approximate surface area is 133 Å². The number of pyridine rings is 1. The molecule has 0 aliphatic heterocycles. The second-order valence-electron chi connectivity index (χ2n) is 5.23. The third-order valence-corrected chi connectivity index (χ3v) is 4.00. The van der Waals surface area contributed by atoms with Crippen molar-refractivity contribution in [2.24, 2.45) is 0 Å². The Morgan fingerprint density at radius 2 is 2.14 bits per heavy atom. The molecule has 0 bridgehead atoms. The molecule has 0 spiro atoms. The van der Waals surface area contributed by atoms with Crippen LogP contribution < -0.4 is 0 Å². The molecule has 0 radical (unpaired) electrons. The minimum absolute atomic E-state index is 0.00340. The number of nitrogens with zero attached hydrogens (tertiary/aromatic N) is 2. The van der Waals surface area contributed by atoms with Gasteiger partial charge in [-0.05, 0) is 42.3 Å². The number of halogens is 1. The second kappa shape index (κ2) is 5.81. The molecule has 0 aliphatic carbocycles. The largest absolute Gasteiger partial charge is 0.481 e. The SMILES string of the molecule is Cc1c(CC(=O)O)c2cccnc2n1Cc1cccc(Cl)c1. The molecule has 0 unspecified atom stereocenters. The zero-order valence-corrected chi connectivity index (χ0v) is 12.8. The molecule has 3 aromatic rings. The van der Waals surface area contributed by atoms with Crippen LogP contribution in [0.1, 0.15) is 16.8 Å². The zero-order valence-electron chi connectivity index (χ0n) is 12.1. The lowest BCUT2D eigenvalue weighted by Crippen LogP contribution is -2.05. The summed E-state index contributed by atoms with van der Waals surface area (Å²) in [6.07, 6.45) is 1.72. The third-order valence-electron chi connectivity index (χ3n) is 3.77. The number of hydrogen-bond acceptors (Lipinski definition) is 2. The first-order valence-electron chi connectivity index (χ1n) is 6.95. The van der Waals surface area contributed by atoms with Gasteiger partial charge in [0, 0.05) is 28.8 Å². The van der Waals surface area contributed by atoms with Gasteiger partial charge in [0.2, 0.25) is 0 Å². The quantitative estimate of drug-likeness (QED) is 0.799. The Bertz CT molecular complexity index is 855. The summed E-state index contributed by atoms with van der Waals surface area (Å²) < 4.78 is 2.04. The van der Waals surface area contributed by atoms with E-state index < -0.39 is 5.97 Å². The van der Waals surface area contributed by atoms with Gasteiger partial charge in [-0.25, -0.2) is 4.98 Å². The first kappa shape index (κ1) is 14.6.